The van der Waals surface area contributed by atoms with Crippen molar-refractivity contribution in [1.29, 1.82) is 0 Å². The zero-order valence-electron chi connectivity index (χ0n) is 10.5. The number of aliphatic imine (C=N–C) groups is 1. The van der Waals surface area contributed by atoms with Crippen LogP contribution in [0.3, 0.4) is 0 Å². The van der Waals surface area contributed by atoms with Gasteiger partial charge in [0.25, 0.3) is 0 Å². The number of nitrogens with zero attached hydrogens (tertiary/aromatic N) is 1. The highest BCUT2D eigenvalue weighted by molar-refractivity contribution is 5.78. The predicted octanol–water partition coefficient (Wildman–Crippen LogP) is 4.09. The van der Waals surface area contributed by atoms with Crippen LogP contribution in [0.25, 0.3) is 0 Å². The van der Waals surface area contributed by atoms with Gasteiger partial charge in [-0.1, -0.05) is 33.8 Å². The van der Waals surface area contributed by atoms with Crippen LogP contribution in [0.15, 0.2) is 16.6 Å². The van der Waals surface area contributed by atoms with Gasteiger partial charge in [-0.05, 0) is 37.7 Å². The van der Waals surface area contributed by atoms with E-state index >= 15 is 0 Å². The minimum absolute atomic E-state index is 0.401. The van der Waals surface area contributed by atoms with E-state index < -0.39 is 0 Å². The Morgan fingerprint density at radius 3 is 2.00 bits per heavy atom. The highest BCUT2D eigenvalue weighted by Gasteiger charge is 2.00. The van der Waals surface area contributed by atoms with Gasteiger partial charge in [0.1, 0.15) is 0 Å². The fourth-order valence-corrected chi connectivity index (χ4v) is 1.31. The first-order valence-electron chi connectivity index (χ1n) is 5.65. The molecule has 0 aliphatic heterocycles. The van der Waals surface area contributed by atoms with E-state index in [1.807, 2.05) is 6.21 Å². The van der Waals surface area contributed by atoms with E-state index in [-0.39, 0.29) is 0 Å². The Morgan fingerprint density at radius 1 is 1.07 bits per heavy atom. The summed E-state index contributed by atoms with van der Waals surface area (Å²) in [6.45, 7) is 13.1. The van der Waals surface area contributed by atoms with E-state index in [0.29, 0.717) is 17.9 Å². The van der Waals surface area contributed by atoms with Crippen molar-refractivity contribution in [3.63, 3.8) is 0 Å². The number of hydrogen-bond donors (Lipinski definition) is 0. The van der Waals surface area contributed by atoms with Gasteiger partial charge < -0.3 is 0 Å². The molecule has 0 spiro atoms. The third-order valence-electron chi connectivity index (χ3n) is 1.73. The monoisotopic (exact) mass is 195 g/mol. The smallest absolute Gasteiger partial charge is 0.0443 e. The van der Waals surface area contributed by atoms with Crippen LogP contribution in [0.5, 0.6) is 0 Å². The van der Waals surface area contributed by atoms with Crippen molar-refractivity contribution in [3.05, 3.63) is 11.6 Å². The van der Waals surface area contributed by atoms with Crippen molar-refractivity contribution < 1.29 is 0 Å². The van der Waals surface area contributed by atoms with Crippen molar-refractivity contribution in [2.45, 2.75) is 54.0 Å². The Labute approximate surface area is 89.3 Å². The lowest BCUT2D eigenvalue weighted by molar-refractivity contribution is 0.648. The molecule has 1 nitrogen and oxygen atoms in total. The number of hydrogen-bond acceptors (Lipinski definition) is 1. The van der Waals surface area contributed by atoms with Gasteiger partial charge in [0.15, 0.2) is 0 Å². The molecule has 0 amide bonds. The molecule has 0 radical (unpaired) electrons. The summed E-state index contributed by atoms with van der Waals surface area (Å²) >= 11 is 0. The fourth-order valence-electron chi connectivity index (χ4n) is 1.31. The lowest BCUT2D eigenvalue weighted by Gasteiger charge is -2.07. The zero-order chi connectivity index (χ0) is 11.1. The highest BCUT2D eigenvalue weighted by Crippen LogP contribution is 2.12. The molecule has 0 saturated heterocycles. The molecule has 0 unspecified atom stereocenters. The highest BCUT2D eigenvalue weighted by atomic mass is 14.7. The first-order chi connectivity index (χ1) is 6.41. The maximum Gasteiger partial charge on any atom is 0.0443 e. The molecule has 1 heteroatoms. The molecule has 82 valence electrons. The molecule has 0 aromatic rings. The molecule has 0 rings (SSSR count). The van der Waals surface area contributed by atoms with Crippen molar-refractivity contribution in [2.75, 3.05) is 0 Å². The molecule has 0 atom stereocenters. The summed E-state index contributed by atoms with van der Waals surface area (Å²) in [5.41, 5.74) is 1.38. The average molecular weight is 195 g/mol. The van der Waals surface area contributed by atoms with Crippen molar-refractivity contribution in [1.82, 2.24) is 0 Å². The Balaban J connectivity index is 4.40. The maximum atomic E-state index is 4.44. The molecule has 0 fully saturated rings. The van der Waals surface area contributed by atoms with E-state index in [1.54, 1.807) is 0 Å². The van der Waals surface area contributed by atoms with Crippen LogP contribution >= 0.6 is 0 Å². The molecule has 0 bridgehead atoms. The van der Waals surface area contributed by atoms with Gasteiger partial charge in [-0.2, -0.15) is 0 Å². The van der Waals surface area contributed by atoms with Crippen LogP contribution in [0.4, 0.5) is 0 Å². The third kappa shape index (κ3) is 8.03. The Bertz CT molecular complexity index is 197. The van der Waals surface area contributed by atoms with Gasteiger partial charge in [0, 0.05) is 12.3 Å². The summed E-state index contributed by atoms with van der Waals surface area (Å²) in [5, 5.41) is 0. The Morgan fingerprint density at radius 2 is 1.64 bits per heavy atom. The normalized spacial score (nSPS) is 13.9. The standard InChI is InChI=1S/C13H25N/c1-10(2)7-13(8-11(3)4)9-14-12(5)6/h7,9-12H,8H2,1-6H3/b13-7-,14-9?. The van der Waals surface area contributed by atoms with Gasteiger partial charge in [0.05, 0.1) is 0 Å². The first-order valence-corrected chi connectivity index (χ1v) is 5.65. The molecule has 0 aliphatic carbocycles. The van der Waals surface area contributed by atoms with Crippen molar-refractivity contribution in [2.24, 2.45) is 16.8 Å². The van der Waals surface area contributed by atoms with Gasteiger partial charge in [-0.25, -0.2) is 0 Å². The first kappa shape index (κ1) is 13.4. The van der Waals surface area contributed by atoms with E-state index in [2.05, 4.69) is 52.6 Å². The lowest BCUT2D eigenvalue weighted by atomic mass is 10.0. The molecule has 0 N–H and O–H groups in total. The number of allylic oxidation sites excluding steroid dienone is 2. The van der Waals surface area contributed by atoms with Crippen LogP contribution in [0.1, 0.15) is 48.0 Å². The fraction of sp³-hybridized carbons (Fsp3) is 0.769. The average Bonchev–Trinajstić information content (AvgIpc) is 1.97. The van der Waals surface area contributed by atoms with E-state index in [9.17, 15) is 0 Å². The molecule has 0 aromatic carbocycles. The summed E-state index contributed by atoms with van der Waals surface area (Å²) < 4.78 is 0. The lowest BCUT2D eigenvalue weighted by Crippen LogP contribution is -1.98. The summed E-state index contributed by atoms with van der Waals surface area (Å²) in [4.78, 5) is 4.44. The van der Waals surface area contributed by atoms with Crippen molar-refractivity contribution in [3.8, 4) is 0 Å². The predicted molar refractivity (Wildman–Crippen MR) is 66.0 cm³/mol. The Hall–Kier alpha value is -0.590. The minimum atomic E-state index is 0.401. The second kappa shape index (κ2) is 6.80. The second-order valence-corrected chi connectivity index (χ2v) is 4.96. The quantitative estimate of drug-likeness (QED) is 0.586. The zero-order valence-corrected chi connectivity index (χ0v) is 10.5. The topological polar surface area (TPSA) is 12.4 Å². The van der Waals surface area contributed by atoms with Crippen LogP contribution < -0.4 is 0 Å². The molecule has 0 saturated carbocycles. The summed E-state index contributed by atoms with van der Waals surface area (Å²) in [5.74, 6) is 1.32. The summed E-state index contributed by atoms with van der Waals surface area (Å²) in [7, 11) is 0. The SMILES string of the molecule is CC(C)/C=C(\C=NC(C)C)CC(C)C. The minimum Gasteiger partial charge on any atom is -0.290 e. The Kier molecular flexibility index (Phi) is 6.52. The molecule has 14 heavy (non-hydrogen) atoms. The maximum absolute atomic E-state index is 4.44. The van der Waals surface area contributed by atoms with E-state index in [4.69, 9.17) is 0 Å². The summed E-state index contributed by atoms with van der Waals surface area (Å²) in [6.07, 6.45) is 5.49. The van der Waals surface area contributed by atoms with Crippen LogP contribution in [0.2, 0.25) is 0 Å². The van der Waals surface area contributed by atoms with Crippen molar-refractivity contribution >= 4 is 6.21 Å². The van der Waals surface area contributed by atoms with Crippen LogP contribution in [-0.4, -0.2) is 12.3 Å². The summed E-state index contributed by atoms with van der Waals surface area (Å²) in [6, 6.07) is 0.401. The third-order valence-corrected chi connectivity index (χ3v) is 1.73. The molecule has 0 heterocycles. The largest absolute Gasteiger partial charge is 0.290 e. The number of rotatable bonds is 5. The van der Waals surface area contributed by atoms with Gasteiger partial charge in [-0.3, -0.25) is 4.99 Å². The molecule has 0 aromatic heterocycles. The van der Waals surface area contributed by atoms with E-state index in [1.165, 1.54) is 5.57 Å². The second-order valence-electron chi connectivity index (χ2n) is 4.96. The van der Waals surface area contributed by atoms with Gasteiger partial charge >= 0.3 is 0 Å². The van der Waals surface area contributed by atoms with Gasteiger partial charge in [-0.15, -0.1) is 0 Å². The molecule has 0 aliphatic rings. The molecular formula is C13H25N. The van der Waals surface area contributed by atoms with Crippen LogP contribution in [0, 0.1) is 11.8 Å². The molecular weight excluding hydrogens is 170 g/mol. The van der Waals surface area contributed by atoms with Crippen LogP contribution in [-0.2, 0) is 0 Å². The van der Waals surface area contributed by atoms with Gasteiger partial charge in [0.2, 0.25) is 0 Å². The van der Waals surface area contributed by atoms with E-state index in [0.717, 1.165) is 6.42 Å².